The van der Waals surface area contributed by atoms with Gasteiger partial charge < -0.3 is 10.5 Å². The fraction of sp³-hybridized carbons (Fsp3) is 0.429. The molecule has 1 aromatic carbocycles. The highest BCUT2D eigenvalue weighted by atomic mass is 16.5. The summed E-state index contributed by atoms with van der Waals surface area (Å²) >= 11 is 0. The van der Waals surface area contributed by atoms with Crippen LogP contribution in [-0.2, 0) is 4.79 Å². The Morgan fingerprint density at radius 2 is 2.08 bits per heavy atom. The maximum absolute atomic E-state index is 12.9. The Kier molecular flexibility index (Phi) is 5.16. The van der Waals surface area contributed by atoms with Crippen molar-refractivity contribution in [3.8, 4) is 5.75 Å². The zero-order chi connectivity index (χ0) is 18.7. The maximum Gasteiger partial charge on any atom is 0.257 e. The highest BCUT2D eigenvalue weighted by Crippen LogP contribution is 2.29. The molecule has 0 aromatic heterocycles. The molecule has 2 atom stereocenters. The standard InChI is InChI=1S/C21H27N3O2/c1-15(2)13-21(3)19(25)24(20(22)23-21)14-16-8-7-11-18(12-16)26-17-9-5-4-6-10-17/h4-10,12,15,18H,11,13-14H2,1-3H3,(H2,22,23). The molecule has 1 amide bonds. The van der Waals surface area contributed by atoms with Crippen LogP contribution >= 0.6 is 0 Å². The quantitative estimate of drug-likeness (QED) is 0.853. The molecule has 2 N–H and O–H groups in total. The summed E-state index contributed by atoms with van der Waals surface area (Å²) in [6.07, 6.45) is 7.62. The molecule has 2 aliphatic rings. The molecule has 5 heteroatoms. The van der Waals surface area contributed by atoms with Crippen LogP contribution in [0.5, 0.6) is 5.75 Å². The van der Waals surface area contributed by atoms with Crippen molar-refractivity contribution in [2.45, 2.75) is 45.3 Å². The van der Waals surface area contributed by atoms with E-state index in [4.69, 9.17) is 10.5 Å². The lowest BCUT2D eigenvalue weighted by Gasteiger charge is -2.25. The van der Waals surface area contributed by atoms with Gasteiger partial charge in [-0.2, -0.15) is 0 Å². The third kappa shape index (κ3) is 3.98. The minimum atomic E-state index is -0.753. The van der Waals surface area contributed by atoms with Crippen LogP contribution in [-0.4, -0.2) is 35.0 Å². The number of hydrogen-bond acceptors (Lipinski definition) is 4. The second-order valence-electron chi connectivity index (χ2n) is 7.58. The summed E-state index contributed by atoms with van der Waals surface area (Å²) in [6.45, 7) is 6.47. The first-order chi connectivity index (χ1) is 12.4. The van der Waals surface area contributed by atoms with Crippen molar-refractivity contribution in [1.82, 2.24) is 4.90 Å². The van der Waals surface area contributed by atoms with E-state index in [1.165, 1.54) is 0 Å². The Morgan fingerprint density at radius 3 is 2.77 bits per heavy atom. The molecule has 3 rings (SSSR count). The molecule has 2 unspecified atom stereocenters. The Hall–Kier alpha value is -2.56. The minimum Gasteiger partial charge on any atom is -0.486 e. The number of para-hydroxylation sites is 1. The molecule has 1 aromatic rings. The van der Waals surface area contributed by atoms with Gasteiger partial charge in [-0.15, -0.1) is 0 Å². The summed E-state index contributed by atoms with van der Waals surface area (Å²) in [6, 6.07) is 9.75. The van der Waals surface area contributed by atoms with E-state index in [2.05, 4.69) is 31.0 Å². The molecule has 5 nitrogen and oxygen atoms in total. The van der Waals surface area contributed by atoms with E-state index >= 15 is 0 Å². The van der Waals surface area contributed by atoms with Crippen LogP contribution in [0.2, 0.25) is 0 Å². The first-order valence-electron chi connectivity index (χ1n) is 9.13. The molecule has 0 spiro atoms. The molecule has 0 saturated heterocycles. The number of benzene rings is 1. The minimum absolute atomic E-state index is 0.0240. The van der Waals surface area contributed by atoms with Gasteiger partial charge in [0.25, 0.3) is 5.91 Å². The normalized spacial score (nSPS) is 25.5. The number of hydrogen-bond donors (Lipinski definition) is 1. The molecule has 1 heterocycles. The van der Waals surface area contributed by atoms with Gasteiger partial charge in [0, 0.05) is 6.42 Å². The topological polar surface area (TPSA) is 67.9 Å². The average Bonchev–Trinajstić information content (AvgIpc) is 2.78. The lowest BCUT2D eigenvalue weighted by atomic mass is 9.91. The van der Waals surface area contributed by atoms with Gasteiger partial charge in [-0.25, -0.2) is 4.99 Å². The molecular formula is C21H27N3O2. The first kappa shape index (κ1) is 18.2. The Bertz CT molecular complexity index is 752. The summed E-state index contributed by atoms with van der Waals surface area (Å²) in [5, 5.41) is 0. The maximum atomic E-state index is 12.9. The Balaban J connectivity index is 1.69. The number of amides is 1. The monoisotopic (exact) mass is 353 g/mol. The summed E-state index contributed by atoms with van der Waals surface area (Å²) in [7, 11) is 0. The first-order valence-corrected chi connectivity index (χ1v) is 9.13. The molecule has 26 heavy (non-hydrogen) atoms. The number of ether oxygens (including phenoxy) is 1. The van der Waals surface area contributed by atoms with E-state index < -0.39 is 5.54 Å². The number of carbonyl (C=O) groups is 1. The van der Waals surface area contributed by atoms with Gasteiger partial charge in [0.05, 0.1) is 6.54 Å². The molecule has 0 fully saturated rings. The molecule has 0 bridgehead atoms. The van der Waals surface area contributed by atoms with Crippen molar-refractivity contribution >= 4 is 11.9 Å². The van der Waals surface area contributed by atoms with Crippen molar-refractivity contribution in [1.29, 1.82) is 0 Å². The number of nitrogens with zero attached hydrogens (tertiary/aromatic N) is 2. The molecule has 1 aliphatic carbocycles. The van der Waals surface area contributed by atoms with E-state index in [0.29, 0.717) is 24.8 Å². The number of guanidine groups is 1. The van der Waals surface area contributed by atoms with Crippen LogP contribution in [0.25, 0.3) is 0 Å². The van der Waals surface area contributed by atoms with Gasteiger partial charge in [0.15, 0.2) is 5.96 Å². The largest absolute Gasteiger partial charge is 0.486 e. The van der Waals surface area contributed by atoms with Crippen molar-refractivity contribution in [3.05, 3.63) is 54.1 Å². The van der Waals surface area contributed by atoms with Gasteiger partial charge in [-0.1, -0.05) is 44.2 Å². The predicted octanol–water partition coefficient (Wildman–Crippen LogP) is 3.28. The second-order valence-corrected chi connectivity index (χ2v) is 7.58. The van der Waals surface area contributed by atoms with Gasteiger partial charge in [-0.05, 0) is 43.0 Å². The average molecular weight is 353 g/mol. The predicted molar refractivity (Wildman–Crippen MR) is 104 cm³/mol. The fourth-order valence-electron chi connectivity index (χ4n) is 3.60. The van der Waals surface area contributed by atoms with Crippen LogP contribution in [0.4, 0.5) is 0 Å². The van der Waals surface area contributed by atoms with E-state index in [-0.39, 0.29) is 12.0 Å². The van der Waals surface area contributed by atoms with Crippen LogP contribution in [0.15, 0.2) is 59.1 Å². The third-order valence-corrected chi connectivity index (χ3v) is 4.62. The van der Waals surface area contributed by atoms with Crippen LogP contribution in [0.3, 0.4) is 0 Å². The van der Waals surface area contributed by atoms with E-state index in [0.717, 1.165) is 17.7 Å². The van der Waals surface area contributed by atoms with E-state index in [1.54, 1.807) is 4.90 Å². The highest BCUT2D eigenvalue weighted by Gasteiger charge is 2.44. The van der Waals surface area contributed by atoms with Crippen LogP contribution in [0.1, 0.15) is 33.6 Å². The smallest absolute Gasteiger partial charge is 0.257 e. The summed E-state index contributed by atoms with van der Waals surface area (Å²) in [5.41, 5.74) is 6.33. The Labute approximate surface area is 155 Å². The van der Waals surface area contributed by atoms with Crippen molar-refractivity contribution in [2.24, 2.45) is 16.6 Å². The second kappa shape index (κ2) is 7.36. The number of rotatable bonds is 6. The lowest BCUT2D eigenvalue weighted by molar-refractivity contribution is -0.130. The number of nitrogens with two attached hydrogens (primary N) is 1. The highest BCUT2D eigenvalue weighted by molar-refractivity contribution is 6.06. The van der Waals surface area contributed by atoms with Gasteiger partial charge in [-0.3, -0.25) is 9.69 Å². The fourth-order valence-corrected chi connectivity index (χ4v) is 3.60. The van der Waals surface area contributed by atoms with E-state index in [9.17, 15) is 4.79 Å². The zero-order valence-corrected chi connectivity index (χ0v) is 15.7. The molecular weight excluding hydrogens is 326 g/mol. The molecule has 1 aliphatic heterocycles. The molecule has 0 radical (unpaired) electrons. The number of aliphatic imine (C=N–C) groups is 1. The lowest BCUT2D eigenvalue weighted by Crippen LogP contribution is -2.44. The SMILES string of the molecule is CC(C)CC1(C)N=C(N)N(CC2=CC(Oc3ccccc3)CC=C2)C1=O. The molecule has 0 saturated carbocycles. The van der Waals surface area contributed by atoms with Gasteiger partial charge >= 0.3 is 0 Å². The Morgan fingerprint density at radius 1 is 1.35 bits per heavy atom. The summed E-state index contributed by atoms with van der Waals surface area (Å²) in [5.74, 6) is 1.49. The molecule has 138 valence electrons. The summed E-state index contributed by atoms with van der Waals surface area (Å²) < 4.78 is 6.00. The van der Waals surface area contributed by atoms with Crippen LogP contribution < -0.4 is 10.5 Å². The van der Waals surface area contributed by atoms with E-state index in [1.807, 2.05) is 43.3 Å². The van der Waals surface area contributed by atoms with Crippen molar-refractivity contribution in [2.75, 3.05) is 6.54 Å². The van der Waals surface area contributed by atoms with Crippen molar-refractivity contribution < 1.29 is 9.53 Å². The van der Waals surface area contributed by atoms with Gasteiger partial charge in [0.1, 0.15) is 17.4 Å². The summed E-state index contributed by atoms with van der Waals surface area (Å²) in [4.78, 5) is 18.9. The van der Waals surface area contributed by atoms with Gasteiger partial charge in [0.2, 0.25) is 0 Å². The van der Waals surface area contributed by atoms with Crippen molar-refractivity contribution in [3.63, 3.8) is 0 Å². The third-order valence-electron chi connectivity index (χ3n) is 4.62. The van der Waals surface area contributed by atoms with Crippen LogP contribution in [0, 0.1) is 5.92 Å². The number of carbonyl (C=O) groups excluding carboxylic acids is 1. The zero-order valence-electron chi connectivity index (χ0n) is 15.7.